The quantitative estimate of drug-likeness (QED) is 0.445. The Morgan fingerprint density at radius 3 is 2.50 bits per heavy atom. The largest absolute Gasteiger partial charge is 0.330 e. The Bertz CT molecular complexity index is 978. The molecular formula is C29H36ClN3O. The molecule has 0 aromatic heterocycles. The van der Waals surface area contributed by atoms with Gasteiger partial charge in [0.2, 0.25) is 5.91 Å². The Morgan fingerprint density at radius 2 is 1.85 bits per heavy atom. The van der Waals surface area contributed by atoms with Crippen LogP contribution in [-0.2, 0) is 11.2 Å². The molecule has 2 aromatic rings. The van der Waals surface area contributed by atoms with E-state index in [0.29, 0.717) is 10.9 Å². The molecule has 1 atom stereocenters. The fourth-order valence-electron chi connectivity index (χ4n) is 5.10. The van der Waals surface area contributed by atoms with Gasteiger partial charge in [-0.2, -0.15) is 0 Å². The van der Waals surface area contributed by atoms with Crippen LogP contribution >= 0.6 is 11.6 Å². The number of benzene rings is 2. The van der Waals surface area contributed by atoms with E-state index in [0.717, 1.165) is 69.7 Å². The summed E-state index contributed by atoms with van der Waals surface area (Å²) >= 11 is 6.16. The van der Waals surface area contributed by atoms with Crippen LogP contribution in [0.3, 0.4) is 0 Å². The topological polar surface area (TPSA) is 35.9 Å². The summed E-state index contributed by atoms with van der Waals surface area (Å²) < 4.78 is 0. The van der Waals surface area contributed by atoms with Crippen molar-refractivity contribution in [3.63, 3.8) is 0 Å². The number of aryl methyl sites for hydroxylation is 1. The molecule has 1 fully saturated rings. The van der Waals surface area contributed by atoms with Crippen LogP contribution in [-0.4, -0.2) is 54.1 Å². The van der Waals surface area contributed by atoms with Crippen LogP contribution in [0.4, 0.5) is 0 Å². The summed E-state index contributed by atoms with van der Waals surface area (Å²) in [5.41, 5.74) is 3.47. The summed E-state index contributed by atoms with van der Waals surface area (Å²) in [6.07, 6.45) is 9.80. The average Bonchev–Trinajstić information content (AvgIpc) is 2.87. The van der Waals surface area contributed by atoms with Gasteiger partial charge in [0.1, 0.15) is 0 Å². The molecule has 2 aromatic carbocycles. The zero-order valence-corrected chi connectivity index (χ0v) is 21.0. The number of piperidine rings is 1. The maximum absolute atomic E-state index is 12.9. The number of hydrogen-bond acceptors (Lipinski definition) is 3. The van der Waals surface area contributed by atoms with Crippen molar-refractivity contribution in [1.82, 2.24) is 9.80 Å². The van der Waals surface area contributed by atoms with Gasteiger partial charge in [0.25, 0.3) is 0 Å². The third kappa shape index (κ3) is 6.80. The zero-order valence-electron chi connectivity index (χ0n) is 20.2. The second kappa shape index (κ2) is 12.3. The number of halogens is 1. The van der Waals surface area contributed by atoms with Gasteiger partial charge < -0.3 is 9.80 Å². The van der Waals surface area contributed by atoms with Crippen LogP contribution in [0.15, 0.2) is 71.7 Å². The second-order valence-corrected chi connectivity index (χ2v) is 9.93. The van der Waals surface area contributed by atoms with Crippen molar-refractivity contribution < 1.29 is 4.79 Å². The van der Waals surface area contributed by atoms with E-state index in [1.807, 2.05) is 29.2 Å². The maximum Gasteiger partial charge on any atom is 0.220 e. The van der Waals surface area contributed by atoms with Crippen molar-refractivity contribution in [3.8, 4) is 0 Å². The first-order valence-corrected chi connectivity index (χ1v) is 13.0. The van der Waals surface area contributed by atoms with Crippen molar-refractivity contribution in [2.75, 3.05) is 32.7 Å². The summed E-state index contributed by atoms with van der Waals surface area (Å²) in [5, 5.41) is 0.706. The monoisotopic (exact) mass is 477 g/mol. The molecule has 34 heavy (non-hydrogen) atoms. The molecule has 0 spiro atoms. The molecule has 180 valence electrons. The lowest BCUT2D eigenvalue weighted by Gasteiger charge is -2.38. The Kier molecular flexibility index (Phi) is 8.95. The predicted octanol–water partition coefficient (Wildman–Crippen LogP) is 5.98. The van der Waals surface area contributed by atoms with E-state index >= 15 is 0 Å². The molecule has 2 aliphatic heterocycles. The van der Waals surface area contributed by atoms with Gasteiger partial charge in [-0.3, -0.25) is 9.79 Å². The number of nitrogens with zero attached hydrogens (tertiary/aromatic N) is 3. The van der Waals surface area contributed by atoms with Crippen molar-refractivity contribution in [2.24, 2.45) is 10.9 Å². The molecule has 0 radical (unpaired) electrons. The molecule has 0 aliphatic carbocycles. The summed E-state index contributed by atoms with van der Waals surface area (Å²) in [4.78, 5) is 22.3. The van der Waals surface area contributed by atoms with Gasteiger partial charge in [0.15, 0.2) is 0 Å². The molecule has 0 N–H and O–H groups in total. The molecule has 5 heteroatoms. The number of carbonyl (C=O) groups excluding carboxylic acids is 1. The Morgan fingerprint density at radius 1 is 1.12 bits per heavy atom. The first-order valence-electron chi connectivity index (χ1n) is 12.6. The van der Waals surface area contributed by atoms with E-state index in [1.54, 1.807) is 6.92 Å². The highest BCUT2D eigenvalue weighted by atomic mass is 35.5. The molecular weight excluding hydrogens is 442 g/mol. The van der Waals surface area contributed by atoms with Crippen LogP contribution in [0.1, 0.15) is 49.8 Å². The fraction of sp³-hybridized carbons (Fsp3) is 0.448. The highest BCUT2D eigenvalue weighted by molar-refractivity contribution is 6.30. The highest BCUT2D eigenvalue weighted by Crippen LogP contribution is 2.29. The minimum atomic E-state index is -0.157. The molecule has 4 nitrogen and oxygen atoms in total. The van der Waals surface area contributed by atoms with Crippen LogP contribution in [0.5, 0.6) is 0 Å². The van der Waals surface area contributed by atoms with Gasteiger partial charge in [0, 0.05) is 25.0 Å². The van der Waals surface area contributed by atoms with E-state index in [9.17, 15) is 4.79 Å². The number of likely N-dealkylation sites (tertiary alicyclic amines) is 1. The SMILES string of the molecule is CC(=O)N(CC1CCN(CCCc2ccccc2)CC1)C(C1=NCCC=C1)c1ccc(Cl)cc1. The van der Waals surface area contributed by atoms with Gasteiger partial charge in [-0.15, -0.1) is 0 Å². The average molecular weight is 478 g/mol. The first-order chi connectivity index (χ1) is 16.6. The summed E-state index contributed by atoms with van der Waals surface area (Å²) in [6.45, 7) is 6.60. The Balaban J connectivity index is 1.37. The molecule has 1 amide bonds. The molecule has 2 aliphatic rings. The molecule has 1 saturated heterocycles. The molecule has 2 heterocycles. The van der Waals surface area contributed by atoms with Crippen LogP contribution in [0.2, 0.25) is 5.02 Å². The van der Waals surface area contributed by atoms with E-state index in [4.69, 9.17) is 16.6 Å². The Hall–Kier alpha value is -2.43. The molecule has 0 saturated carbocycles. The van der Waals surface area contributed by atoms with E-state index in [1.165, 1.54) is 12.0 Å². The smallest absolute Gasteiger partial charge is 0.220 e. The van der Waals surface area contributed by atoms with Gasteiger partial charge in [-0.25, -0.2) is 0 Å². The summed E-state index contributed by atoms with van der Waals surface area (Å²) in [6, 6.07) is 18.5. The third-order valence-electron chi connectivity index (χ3n) is 7.01. The van der Waals surface area contributed by atoms with Crippen molar-refractivity contribution >= 4 is 23.2 Å². The van der Waals surface area contributed by atoms with Gasteiger partial charge in [0.05, 0.1) is 11.8 Å². The summed E-state index contributed by atoms with van der Waals surface area (Å²) in [5.74, 6) is 0.615. The Labute approximate surface area is 209 Å². The highest BCUT2D eigenvalue weighted by Gasteiger charge is 2.30. The van der Waals surface area contributed by atoms with E-state index < -0.39 is 0 Å². The number of aliphatic imine (C=N–C) groups is 1. The van der Waals surface area contributed by atoms with Gasteiger partial charge in [-0.1, -0.05) is 60.1 Å². The van der Waals surface area contributed by atoms with Crippen molar-refractivity contribution in [1.29, 1.82) is 0 Å². The van der Waals surface area contributed by atoms with Crippen molar-refractivity contribution in [2.45, 2.75) is 45.1 Å². The van der Waals surface area contributed by atoms with Crippen molar-refractivity contribution in [3.05, 3.63) is 82.9 Å². The van der Waals surface area contributed by atoms with Crippen LogP contribution < -0.4 is 0 Å². The summed E-state index contributed by atoms with van der Waals surface area (Å²) in [7, 11) is 0. The minimum Gasteiger partial charge on any atom is -0.330 e. The first kappa shape index (κ1) is 24.7. The second-order valence-electron chi connectivity index (χ2n) is 9.50. The minimum absolute atomic E-state index is 0.104. The lowest BCUT2D eigenvalue weighted by molar-refractivity contribution is -0.131. The predicted molar refractivity (Wildman–Crippen MR) is 142 cm³/mol. The molecule has 0 bridgehead atoms. The lowest BCUT2D eigenvalue weighted by atomic mass is 9.92. The van der Waals surface area contributed by atoms with Crippen LogP contribution in [0, 0.1) is 5.92 Å². The number of hydrogen-bond donors (Lipinski definition) is 0. The van der Waals surface area contributed by atoms with E-state index in [-0.39, 0.29) is 11.9 Å². The normalized spacial score (nSPS) is 17.9. The third-order valence-corrected chi connectivity index (χ3v) is 7.26. The van der Waals surface area contributed by atoms with Gasteiger partial charge in [-0.05, 0) is 87.0 Å². The number of carbonyl (C=O) groups is 1. The molecule has 1 unspecified atom stereocenters. The lowest BCUT2D eigenvalue weighted by Crippen LogP contribution is -2.44. The standard InChI is InChI=1S/C29H36ClN3O/c1-23(34)33(29(28-11-5-6-18-31-28)26-12-14-27(30)15-13-26)22-25-16-20-32(21-17-25)19-7-10-24-8-3-2-4-9-24/h2-5,8-9,11-15,25,29H,6-7,10,16-22H2,1H3. The maximum atomic E-state index is 12.9. The van der Waals surface area contributed by atoms with E-state index in [2.05, 4.69) is 47.4 Å². The number of dihydropyridines is 1. The number of amides is 1. The van der Waals surface area contributed by atoms with Gasteiger partial charge >= 0.3 is 0 Å². The molecule has 4 rings (SSSR count). The fourth-order valence-corrected chi connectivity index (χ4v) is 5.22. The number of rotatable bonds is 9. The van der Waals surface area contributed by atoms with Crippen LogP contribution in [0.25, 0.3) is 0 Å². The zero-order chi connectivity index (χ0) is 23.8.